The van der Waals surface area contributed by atoms with Crippen LogP contribution >= 0.6 is 0 Å². The zero-order valence-electron chi connectivity index (χ0n) is 32.0. The van der Waals surface area contributed by atoms with E-state index < -0.39 is 16.6 Å². The van der Waals surface area contributed by atoms with Crippen LogP contribution in [0.2, 0.25) is 37.8 Å². The highest BCUT2D eigenvalue weighted by molar-refractivity contribution is 6.74. The summed E-state index contributed by atoms with van der Waals surface area (Å²) in [6.07, 6.45) is 16.3. The molecule has 8 atom stereocenters. The van der Waals surface area contributed by atoms with Crippen LogP contribution in [0, 0.1) is 22.2 Å². The fourth-order valence-electron chi connectivity index (χ4n) is 9.88. The highest BCUT2D eigenvalue weighted by Gasteiger charge is 2.60. The summed E-state index contributed by atoms with van der Waals surface area (Å²) in [4.78, 5) is 0. The molecule has 2 heterocycles. The standard InChI is InChI=1S/C39H70O4Si2/c1-34(2,3)45(14,15)43-31-20-23-37(8)26-27(16-19-32(37)40-36(31,6)7)28-17-18-29-38(28,9)24-22-33-39(29,10)25-21-30(35(4,5)41-33)42-44(11,12)13/h16-17,29-33H,18-26H2,1-15H3/t29-,30+,31+,32+,33+,37+,38-,39+/m0/s1. The predicted octanol–water partition coefficient (Wildman–Crippen LogP) is 11.0. The van der Waals surface area contributed by atoms with Crippen molar-refractivity contribution in [3.63, 3.8) is 0 Å². The van der Waals surface area contributed by atoms with E-state index in [2.05, 4.69) is 114 Å². The van der Waals surface area contributed by atoms with E-state index in [1.165, 1.54) is 19.3 Å². The first-order valence-electron chi connectivity index (χ1n) is 18.4. The lowest BCUT2D eigenvalue weighted by molar-refractivity contribution is -0.179. The Labute approximate surface area is 280 Å². The second-order valence-electron chi connectivity index (χ2n) is 20.2. The van der Waals surface area contributed by atoms with Crippen LogP contribution in [0.25, 0.3) is 0 Å². The number of ether oxygens (including phenoxy) is 2. The summed E-state index contributed by atoms with van der Waals surface area (Å²) in [6, 6.07) is 0. The number of fused-ring (bicyclic) bond motifs is 4. The minimum absolute atomic E-state index is 0.125. The van der Waals surface area contributed by atoms with Gasteiger partial charge in [0.2, 0.25) is 0 Å². The molecule has 0 unspecified atom stereocenters. The topological polar surface area (TPSA) is 36.9 Å². The Kier molecular flexibility index (Phi) is 9.13. The third kappa shape index (κ3) is 6.57. The van der Waals surface area contributed by atoms with Gasteiger partial charge in [-0.2, -0.15) is 0 Å². The molecule has 45 heavy (non-hydrogen) atoms. The van der Waals surface area contributed by atoms with Gasteiger partial charge in [-0.15, -0.1) is 0 Å². The molecule has 0 bridgehead atoms. The first kappa shape index (κ1) is 36.0. The summed E-state index contributed by atoms with van der Waals surface area (Å²) in [5, 5.41) is 0.192. The van der Waals surface area contributed by atoms with Gasteiger partial charge in [0.05, 0.1) is 35.6 Å². The molecule has 4 nitrogen and oxygen atoms in total. The maximum atomic E-state index is 7.12. The fraction of sp³-hybridized carbons (Fsp3) is 0.897. The van der Waals surface area contributed by atoms with Gasteiger partial charge in [-0.1, -0.05) is 53.7 Å². The van der Waals surface area contributed by atoms with Crippen LogP contribution in [-0.2, 0) is 18.3 Å². The number of hydrogen-bond acceptors (Lipinski definition) is 4. The predicted molar refractivity (Wildman–Crippen MR) is 194 cm³/mol. The summed E-state index contributed by atoms with van der Waals surface area (Å²) in [6.45, 7) is 35.6. The Morgan fingerprint density at radius 2 is 1.29 bits per heavy atom. The van der Waals surface area contributed by atoms with Gasteiger partial charge < -0.3 is 18.3 Å². The maximum absolute atomic E-state index is 7.12. The van der Waals surface area contributed by atoms with E-state index in [1.54, 1.807) is 11.1 Å². The van der Waals surface area contributed by atoms with E-state index in [1.807, 2.05) is 0 Å². The minimum atomic E-state index is -1.91. The summed E-state index contributed by atoms with van der Waals surface area (Å²) in [5.74, 6) is 0.610. The van der Waals surface area contributed by atoms with E-state index in [0.29, 0.717) is 12.0 Å². The lowest BCUT2D eigenvalue weighted by Crippen LogP contribution is -2.53. The van der Waals surface area contributed by atoms with E-state index in [4.69, 9.17) is 18.3 Å². The number of allylic oxidation sites excluding steroid dienone is 3. The van der Waals surface area contributed by atoms with Crippen molar-refractivity contribution in [3.05, 3.63) is 23.3 Å². The van der Waals surface area contributed by atoms with Crippen molar-refractivity contribution >= 4 is 16.6 Å². The van der Waals surface area contributed by atoms with Gasteiger partial charge in [-0.25, -0.2) is 0 Å². The molecule has 2 aliphatic heterocycles. The Morgan fingerprint density at radius 1 is 0.711 bits per heavy atom. The van der Waals surface area contributed by atoms with Crippen molar-refractivity contribution in [1.29, 1.82) is 0 Å². The van der Waals surface area contributed by atoms with Crippen molar-refractivity contribution < 1.29 is 18.3 Å². The van der Waals surface area contributed by atoms with Crippen LogP contribution in [0.3, 0.4) is 0 Å². The molecule has 1 saturated carbocycles. The van der Waals surface area contributed by atoms with Crippen molar-refractivity contribution in [2.45, 2.75) is 200 Å². The van der Waals surface area contributed by atoms with E-state index >= 15 is 0 Å². The molecule has 3 fully saturated rings. The molecule has 0 aromatic heterocycles. The van der Waals surface area contributed by atoms with Crippen LogP contribution in [0.4, 0.5) is 0 Å². The molecule has 0 radical (unpaired) electrons. The number of hydrogen-bond donors (Lipinski definition) is 0. The lowest BCUT2D eigenvalue weighted by Gasteiger charge is -2.55. The lowest BCUT2D eigenvalue weighted by atomic mass is 9.52. The van der Waals surface area contributed by atoms with Crippen molar-refractivity contribution in [2.24, 2.45) is 22.2 Å². The first-order chi connectivity index (χ1) is 20.3. The summed E-state index contributed by atoms with van der Waals surface area (Å²) in [5.41, 5.74) is 3.21. The highest BCUT2D eigenvalue weighted by atomic mass is 28.4. The molecular formula is C39H70O4Si2. The van der Waals surface area contributed by atoms with Crippen LogP contribution in [0.15, 0.2) is 23.3 Å². The average Bonchev–Trinajstić information content (AvgIpc) is 3.15. The summed E-state index contributed by atoms with van der Waals surface area (Å²) >= 11 is 0. The van der Waals surface area contributed by atoms with Crippen molar-refractivity contribution in [2.75, 3.05) is 0 Å². The van der Waals surface area contributed by atoms with Crippen molar-refractivity contribution in [3.8, 4) is 0 Å². The van der Waals surface area contributed by atoms with E-state index in [-0.39, 0.29) is 50.8 Å². The zero-order valence-corrected chi connectivity index (χ0v) is 34.0. The Morgan fingerprint density at radius 3 is 1.89 bits per heavy atom. The van der Waals surface area contributed by atoms with E-state index in [0.717, 1.165) is 38.5 Å². The third-order valence-electron chi connectivity index (χ3n) is 13.8. The molecular weight excluding hydrogens is 589 g/mol. The smallest absolute Gasteiger partial charge is 0.192 e. The Balaban J connectivity index is 1.35. The zero-order chi connectivity index (χ0) is 33.6. The molecule has 5 aliphatic rings. The maximum Gasteiger partial charge on any atom is 0.192 e. The SMILES string of the molecule is CC1(C)O[C@@H]2CC=C(C3=CC[C@@H]4[C@@]5(C)CC[C@@H](O[Si](C)(C)C)C(C)(C)O[C@@H]5CC[C@@]34C)C[C@@]2(C)CC[C@H]1O[Si](C)(C)C(C)(C)C. The molecule has 0 amide bonds. The molecule has 6 heteroatoms. The highest BCUT2D eigenvalue weighted by Crippen LogP contribution is 2.65. The normalized spacial score (nSPS) is 42.0. The van der Waals surface area contributed by atoms with Crippen LogP contribution in [0.5, 0.6) is 0 Å². The largest absolute Gasteiger partial charge is 0.412 e. The second kappa shape index (κ2) is 11.4. The molecule has 5 rings (SSSR count). The van der Waals surface area contributed by atoms with Gasteiger partial charge in [0.25, 0.3) is 0 Å². The quantitative estimate of drug-likeness (QED) is 0.276. The summed E-state index contributed by atoms with van der Waals surface area (Å²) in [7, 11) is -3.59. The van der Waals surface area contributed by atoms with Crippen LogP contribution in [0.1, 0.15) is 127 Å². The molecule has 3 aliphatic carbocycles. The Bertz CT molecular complexity index is 1190. The van der Waals surface area contributed by atoms with Gasteiger partial charge in [0.1, 0.15) is 0 Å². The average molecular weight is 659 g/mol. The molecule has 2 saturated heterocycles. The second-order valence-corrected chi connectivity index (χ2v) is 29.5. The fourth-order valence-corrected chi connectivity index (χ4v) is 12.6. The monoisotopic (exact) mass is 658 g/mol. The van der Waals surface area contributed by atoms with Gasteiger partial charge >= 0.3 is 0 Å². The summed E-state index contributed by atoms with van der Waals surface area (Å²) < 4.78 is 28.1. The first-order valence-corrected chi connectivity index (χ1v) is 24.8. The van der Waals surface area contributed by atoms with Gasteiger partial charge in [0, 0.05) is 0 Å². The van der Waals surface area contributed by atoms with Gasteiger partial charge in [0.15, 0.2) is 16.6 Å². The number of rotatable bonds is 5. The van der Waals surface area contributed by atoms with Crippen LogP contribution in [-0.4, -0.2) is 52.3 Å². The van der Waals surface area contributed by atoms with Crippen molar-refractivity contribution in [1.82, 2.24) is 0 Å². The Hall–Kier alpha value is -0.246. The molecule has 0 spiro atoms. The molecule has 258 valence electrons. The third-order valence-corrected chi connectivity index (χ3v) is 19.3. The van der Waals surface area contributed by atoms with Crippen LogP contribution < -0.4 is 0 Å². The van der Waals surface area contributed by atoms with Gasteiger partial charge in [-0.05, 0) is 157 Å². The minimum Gasteiger partial charge on any atom is -0.412 e. The molecule has 0 aromatic rings. The van der Waals surface area contributed by atoms with E-state index in [9.17, 15) is 0 Å². The van der Waals surface area contributed by atoms with Gasteiger partial charge in [-0.3, -0.25) is 0 Å². The molecule has 0 N–H and O–H groups in total. The molecule has 0 aromatic carbocycles.